The van der Waals surface area contributed by atoms with Gasteiger partial charge in [0.15, 0.2) is 0 Å². The molecule has 1 aromatic heterocycles. The van der Waals surface area contributed by atoms with E-state index in [0.29, 0.717) is 11.2 Å². The molecule has 2 aromatic rings. The van der Waals surface area contributed by atoms with Crippen LogP contribution in [0.4, 0.5) is 18.9 Å². The third kappa shape index (κ3) is 2.96. The molecule has 0 bridgehead atoms. The monoisotopic (exact) mass is 319 g/mol. The highest BCUT2D eigenvalue weighted by atomic mass is 32.2. The lowest BCUT2D eigenvalue weighted by molar-refractivity contribution is -0.147. The van der Waals surface area contributed by atoms with Gasteiger partial charge in [-0.05, 0) is 31.4 Å². The number of thioether (sulfide) groups is 1. The first-order valence-corrected chi connectivity index (χ1v) is 7.56. The van der Waals surface area contributed by atoms with Crippen LogP contribution in [0.3, 0.4) is 0 Å². The number of rotatable bonds is 4. The number of aromatic nitrogens is 2. The highest BCUT2D eigenvalue weighted by Crippen LogP contribution is 2.36. The minimum atomic E-state index is -4.57. The number of fused-ring (bicyclic) bond motifs is 1. The van der Waals surface area contributed by atoms with E-state index in [9.17, 15) is 18.3 Å². The Kier molecular flexibility index (Phi) is 4.38. The first kappa shape index (κ1) is 16.0. The molecule has 21 heavy (non-hydrogen) atoms. The lowest BCUT2D eigenvalue weighted by Gasteiger charge is -2.24. The minimum Gasteiger partial charge on any atom is -0.399 e. The Hall–Kier alpha value is -1.41. The Morgan fingerprint density at radius 2 is 2.10 bits per heavy atom. The van der Waals surface area contributed by atoms with E-state index in [2.05, 4.69) is 4.98 Å². The van der Waals surface area contributed by atoms with Crippen LogP contribution in [-0.4, -0.2) is 32.8 Å². The summed E-state index contributed by atoms with van der Waals surface area (Å²) in [6.07, 6.45) is -2.82. The van der Waals surface area contributed by atoms with Gasteiger partial charge in [0.05, 0.1) is 17.6 Å². The Labute approximate surface area is 124 Å². The van der Waals surface area contributed by atoms with E-state index < -0.39 is 18.0 Å². The van der Waals surface area contributed by atoms with Crippen molar-refractivity contribution in [1.82, 2.24) is 9.55 Å². The normalized spacial score (nSPS) is 15.3. The molecule has 8 heteroatoms. The second-order valence-electron chi connectivity index (χ2n) is 4.75. The molecule has 2 rings (SSSR count). The van der Waals surface area contributed by atoms with E-state index in [-0.39, 0.29) is 17.4 Å². The maximum absolute atomic E-state index is 13.2. The Balaban J connectivity index is 2.69. The zero-order valence-electron chi connectivity index (χ0n) is 11.6. The van der Waals surface area contributed by atoms with E-state index >= 15 is 0 Å². The summed E-state index contributed by atoms with van der Waals surface area (Å²) in [4.78, 5) is 3.68. The number of benzene rings is 1. The molecule has 0 saturated heterocycles. The van der Waals surface area contributed by atoms with E-state index in [4.69, 9.17) is 5.73 Å². The van der Waals surface area contributed by atoms with Crippen LogP contribution in [0.15, 0.2) is 18.2 Å². The number of alkyl halides is 3. The Morgan fingerprint density at radius 3 is 2.62 bits per heavy atom. The van der Waals surface area contributed by atoms with Crippen molar-refractivity contribution in [2.24, 2.45) is 0 Å². The molecular formula is C13H16F3N3OS. The van der Waals surface area contributed by atoms with Gasteiger partial charge in [-0.1, -0.05) is 0 Å². The summed E-state index contributed by atoms with van der Waals surface area (Å²) in [6, 6.07) is 3.93. The van der Waals surface area contributed by atoms with Crippen LogP contribution >= 0.6 is 11.8 Å². The second kappa shape index (κ2) is 5.76. The number of halogens is 3. The van der Waals surface area contributed by atoms with Gasteiger partial charge in [0.25, 0.3) is 0 Å². The van der Waals surface area contributed by atoms with Gasteiger partial charge < -0.3 is 15.4 Å². The number of anilines is 1. The van der Waals surface area contributed by atoms with Crippen molar-refractivity contribution in [3.8, 4) is 0 Å². The van der Waals surface area contributed by atoms with Gasteiger partial charge in [0.1, 0.15) is 0 Å². The number of aliphatic hydroxyl groups excluding tert-OH is 1. The van der Waals surface area contributed by atoms with Crippen molar-refractivity contribution < 1.29 is 18.3 Å². The minimum absolute atomic E-state index is 0.201. The predicted octanol–water partition coefficient (Wildman–Crippen LogP) is 2.92. The number of hydrogen-bond acceptors (Lipinski definition) is 4. The average Bonchev–Trinajstić information content (AvgIpc) is 2.78. The number of imidazole rings is 1. The van der Waals surface area contributed by atoms with Gasteiger partial charge >= 0.3 is 6.18 Å². The first-order valence-electron chi connectivity index (χ1n) is 6.28. The molecule has 0 aliphatic carbocycles. The van der Waals surface area contributed by atoms with E-state index in [1.807, 2.05) is 0 Å². The molecule has 0 spiro atoms. The Morgan fingerprint density at radius 1 is 1.43 bits per heavy atom. The van der Waals surface area contributed by atoms with Crippen LogP contribution in [0.2, 0.25) is 0 Å². The highest BCUT2D eigenvalue weighted by molar-refractivity contribution is 7.99. The summed E-state index contributed by atoms with van der Waals surface area (Å²) in [6.45, 7) is 1.43. The Bertz CT molecular complexity index is 637. The molecule has 0 amide bonds. The standard InChI is InChI=1S/C13H16F3N3OS/c1-7(11(6-20)21-2)19-10-4-3-8(17)5-9(10)18-12(19)13(14,15)16/h3-5,7,11,20H,6,17H2,1-2H3. The molecular weight excluding hydrogens is 303 g/mol. The second-order valence-corrected chi connectivity index (χ2v) is 5.83. The lowest BCUT2D eigenvalue weighted by Crippen LogP contribution is -2.26. The molecule has 1 heterocycles. The molecule has 2 unspecified atom stereocenters. The SMILES string of the molecule is CSC(CO)C(C)n1c(C(F)(F)F)nc2cc(N)ccc21. The zero-order valence-corrected chi connectivity index (χ0v) is 12.4. The molecule has 2 atom stereocenters. The van der Waals surface area contributed by atoms with Crippen LogP contribution in [0.25, 0.3) is 11.0 Å². The van der Waals surface area contributed by atoms with Crippen LogP contribution in [-0.2, 0) is 6.18 Å². The summed E-state index contributed by atoms with van der Waals surface area (Å²) in [5.41, 5.74) is 6.52. The van der Waals surface area contributed by atoms with Crippen LogP contribution < -0.4 is 5.73 Å². The van der Waals surface area contributed by atoms with Crippen LogP contribution in [0.5, 0.6) is 0 Å². The predicted molar refractivity (Wildman–Crippen MR) is 78.2 cm³/mol. The van der Waals surface area contributed by atoms with Gasteiger partial charge in [-0.3, -0.25) is 0 Å². The average molecular weight is 319 g/mol. The quantitative estimate of drug-likeness (QED) is 0.851. The lowest BCUT2D eigenvalue weighted by atomic mass is 10.2. The fourth-order valence-corrected chi connectivity index (χ4v) is 2.98. The van der Waals surface area contributed by atoms with E-state index in [1.165, 1.54) is 23.9 Å². The summed E-state index contributed by atoms with van der Waals surface area (Å²) in [5.74, 6) is -0.969. The number of nitrogen functional groups attached to an aromatic ring is 1. The maximum atomic E-state index is 13.2. The first-order chi connectivity index (χ1) is 9.79. The molecule has 3 N–H and O–H groups in total. The van der Waals surface area contributed by atoms with E-state index in [0.717, 1.165) is 4.57 Å². The molecule has 116 valence electrons. The number of aliphatic hydroxyl groups is 1. The van der Waals surface area contributed by atoms with Gasteiger partial charge in [0.2, 0.25) is 5.82 Å². The van der Waals surface area contributed by atoms with Crippen molar-refractivity contribution in [2.45, 2.75) is 24.4 Å². The molecule has 0 aliphatic rings. The summed E-state index contributed by atoms with van der Waals surface area (Å²) in [7, 11) is 0. The van der Waals surface area contributed by atoms with Crippen molar-refractivity contribution >= 4 is 28.5 Å². The van der Waals surface area contributed by atoms with Crippen LogP contribution in [0.1, 0.15) is 18.8 Å². The fraction of sp³-hybridized carbons (Fsp3) is 0.462. The highest BCUT2D eigenvalue weighted by Gasteiger charge is 2.39. The molecule has 4 nitrogen and oxygen atoms in total. The van der Waals surface area contributed by atoms with Gasteiger partial charge in [-0.25, -0.2) is 4.98 Å². The summed E-state index contributed by atoms with van der Waals surface area (Å²) in [5, 5.41) is 8.99. The van der Waals surface area contributed by atoms with Gasteiger partial charge in [-0.2, -0.15) is 24.9 Å². The van der Waals surface area contributed by atoms with Crippen molar-refractivity contribution in [1.29, 1.82) is 0 Å². The molecule has 0 radical (unpaired) electrons. The zero-order chi connectivity index (χ0) is 15.8. The topological polar surface area (TPSA) is 64.1 Å². The van der Waals surface area contributed by atoms with E-state index in [1.54, 1.807) is 19.2 Å². The fourth-order valence-electron chi connectivity index (χ4n) is 2.32. The van der Waals surface area contributed by atoms with Crippen molar-refractivity contribution in [2.75, 3.05) is 18.6 Å². The molecule has 0 saturated carbocycles. The van der Waals surface area contributed by atoms with Crippen molar-refractivity contribution in [3.05, 3.63) is 24.0 Å². The summed E-state index contributed by atoms with van der Waals surface area (Å²) >= 11 is 1.32. The number of nitrogens with two attached hydrogens (primary N) is 1. The third-order valence-corrected chi connectivity index (χ3v) is 4.54. The smallest absolute Gasteiger partial charge is 0.399 e. The third-order valence-electron chi connectivity index (χ3n) is 3.40. The molecule has 0 aliphatic heterocycles. The van der Waals surface area contributed by atoms with Gasteiger partial charge in [-0.15, -0.1) is 0 Å². The number of hydrogen-bond donors (Lipinski definition) is 2. The number of nitrogens with zero attached hydrogens (tertiary/aromatic N) is 2. The van der Waals surface area contributed by atoms with Gasteiger partial charge in [0, 0.05) is 17.0 Å². The van der Waals surface area contributed by atoms with Crippen LogP contribution in [0, 0.1) is 0 Å². The molecule has 1 aromatic carbocycles. The van der Waals surface area contributed by atoms with Crippen molar-refractivity contribution in [3.63, 3.8) is 0 Å². The maximum Gasteiger partial charge on any atom is 0.449 e. The largest absolute Gasteiger partial charge is 0.449 e. The summed E-state index contributed by atoms with van der Waals surface area (Å²) < 4.78 is 40.8. The molecule has 0 fully saturated rings.